The fourth-order valence-corrected chi connectivity index (χ4v) is 8.53. The van der Waals surface area contributed by atoms with E-state index in [0.717, 1.165) is 51.4 Å². The number of unbranched alkanes of at least 4 members (excludes halogenated alkanes) is 2. The SMILES string of the molecule is CCCCOP(=O)([O-])CCN1C(C)(C)CCCC1(C)C.CCCCOP(=O)([O-])CCN1C(C)(C)CCCC1(C)C.[Ni+2]. The van der Waals surface area contributed by atoms with Crippen molar-refractivity contribution < 1.29 is 44.5 Å². The molecule has 0 bridgehead atoms. The van der Waals surface area contributed by atoms with Crippen molar-refractivity contribution in [1.82, 2.24) is 9.80 Å². The number of hydrogen-bond donors (Lipinski definition) is 0. The van der Waals surface area contributed by atoms with Crippen molar-refractivity contribution in [3.63, 3.8) is 0 Å². The minimum atomic E-state index is -3.69. The van der Waals surface area contributed by atoms with E-state index in [1.165, 1.54) is 12.8 Å². The van der Waals surface area contributed by atoms with E-state index >= 15 is 0 Å². The number of rotatable bonds is 14. The first kappa shape index (κ1) is 41.7. The first-order valence-corrected chi connectivity index (χ1v) is 19.1. The maximum atomic E-state index is 11.9. The molecule has 0 aromatic rings. The van der Waals surface area contributed by atoms with Crippen LogP contribution in [0.15, 0.2) is 0 Å². The van der Waals surface area contributed by atoms with Crippen molar-refractivity contribution in [3.8, 4) is 0 Å². The van der Waals surface area contributed by atoms with Gasteiger partial charge < -0.3 is 28.0 Å². The van der Waals surface area contributed by atoms with Crippen molar-refractivity contribution in [2.45, 2.75) is 156 Å². The van der Waals surface area contributed by atoms with Crippen molar-refractivity contribution in [3.05, 3.63) is 0 Å². The van der Waals surface area contributed by atoms with Gasteiger partial charge in [-0.1, -0.05) is 26.7 Å². The Hall–Kier alpha value is 0.714. The van der Waals surface area contributed by atoms with E-state index < -0.39 is 15.2 Å². The molecule has 41 heavy (non-hydrogen) atoms. The second kappa shape index (κ2) is 17.4. The molecule has 2 atom stereocenters. The molecule has 2 rings (SSSR count). The fraction of sp³-hybridized carbons (Fsp3) is 1.00. The molecule has 0 spiro atoms. The molecule has 2 saturated heterocycles. The van der Waals surface area contributed by atoms with Gasteiger partial charge in [0.05, 0.1) is 13.2 Å². The van der Waals surface area contributed by atoms with Gasteiger partial charge in [0.2, 0.25) is 0 Å². The zero-order valence-corrected chi connectivity index (χ0v) is 30.6. The molecule has 0 N–H and O–H groups in total. The summed E-state index contributed by atoms with van der Waals surface area (Å²) >= 11 is 0. The summed E-state index contributed by atoms with van der Waals surface area (Å²) in [6.45, 7) is 23.5. The summed E-state index contributed by atoms with van der Waals surface area (Å²) in [7, 11) is -7.39. The van der Waals surface area contributed by atoms with Crippen LogP contribution < -0.4 is 9.79 Å². The van der Waals surface area contributed by atoms with Crippen LogP contribution in [0.5, 0.6) is 0 Å². The zero-order valence-electron chi connectivity index (χ0n) is 27.9. The van der Waals surface area contributed by atoms with Gasteiger partial charge in [-0.2, -0.15) is 0 Å². The molecule has 0 radical (unpaired) electrons. The smallest absolute Gasteiger partial charge is 0.778 e. The molecular formula is C30H62N2NiO6P2. The quantitative estimate of drug-likeness (QED) is 0.113. The molecule has 2 heterocycles. The molecule has 0 saturated carbocycles. The van der Waals surface area contributed by atoms with Crippen LogP contribution in [0.3, 0.4) is 0 Å². The summed E-state index contributed by atoms with van der Waals surface area (Å²) < 4.78 is 34.0. The fourth-order valence-electron chi connectivity index (χ4n) is 6.57. The van der Waals surface area contributed by atoms with Crippen LogP contribution >= 0.6 is 15.2 Å². The van der Waals surface area contributed by atoms with Crippen molar-refractivity contribution in [1.29, 1.82) is 0 Å². The summed E-state index contributed by atoms with van der Waals surface area (Å²) in [5, 5.41) is 0. The molecule has 2 aliphatic heterocycles. The summed E-state index contributed by atoms with van der Waals surface area (Å²) in [4.78, 5) is 28.6. The summed E-state index contributed by atoms with van der Waals surface area (Å²) in [6, 6.07) is 0. The van der Waals surface area contributed by atoms with Crippen molar-refractivity contribution in [2.24, 2.45) is 0 Å². The van der Waals surface area contributed by atoms with Gasteiger partial charge in [0, 0.05) is 47.6 Å². The Morgan fingerprint density at radius 1 is 0.610 bits per heavy atom. The van der Waals surface area contributed by atoms with E-state index in [1.54, 1.807) is 0 Å². The predicted molar refractivity (Wildman–Crippen MR) is 164 cm³/mol. The first-order valence-electron chi connectivity index (χ1n) is 15.7. The Kier molecular flexibility index (Phi) is 17.7. The van der Waals surface area contributed by atoms with Crippen LogP contribution in [-0.2, 0) is 34.7 Å². The molecule has 0 aliphatic carbocycles. The monoisotopic (exact) mass is 666 g/mol. The Labute approximate surface area is 263 Å². The van der Waals surface area contributed by atoms with Gasteiger partial charge in [0.25, 0.3) is 0 Å². The second-order valence-electron chi connectivity index (χ2n) is 14.3. The topological polar surface area (TPSA) is 105 Å². The van der Waals surface area contributed by atoms with Crippen LogP contribution in [0.25, 0.3) is 0 Å². The average Bonchev–Trinajstić information content (AvgIpc) is 2.77. The van der Waals surface area contributed by atoms with Gasteiger partial charge in [-0.05, 0) is 107 Å². The average molecular weight is 667 g/mol. The van der Waals surface area contributed by atoms with E-state index in [0.29, 0.717) is 26.3 Å². The molecule has 2 aliphatic rings. The van der Waals surface area contributed by atoms with E-state index in [-0.39, 0.29) is 51.0 Å². The maximum Gasteiger partial charge on any atom is 2.00 e. The van der Waals surface area contributed by atoms with E-state index in [2.05, 4.69) is 65.2 Å². The Morgan fingerprint density at radius 3 is 1.12 bits per heavy atom. The summed E-state index contributed by atoms with van der Waals surface area (Å²) in [5.41, 5.74) is 0.243. The molecule has 0 amide bonds. The molecule has 2 fully saturated rings. The van der Waals surface area contributed by atoms with Crippen LogP contribution in [0.1, 0.15) is 133 Å². The minimum absolute atomic E-state index is 0. The summed E-state index contributed by atoms with van der Waals surface area (Å²) in [6.07, 6.45) is 10.6. The van der Waals surface area contributed by atoms with Gasteiger partial charge in [-0.3, -0.25) is 9.80 Å². The number of hydrogen-bond acceptors (Lipinski definition) is 8. The first-order chi connectivity index (χ1) is 18.2. The second-order valence-corrected chi connectivity index (χ2v) is 18.2. The molecular weight excluding hydrogens is 605 g/mol. The number of piperidine rings is 2. The van der Waals surface area contributed by atoms with Gasteiger partial charge in [0.1, 0.15) is 15.2 Å². The Balaban J connectivity index is 0.000000762. The third kappa shape index (κ3) is 14.6. The zero-order chi connectivity index (χ0) is 30.9. The number of nitrogens with zero attached hydrogens (tertiary/aromatic N) is 2. The van der Waals surface area contributed by atoms with E-state index in [1.807, 2.05) is 13.8 Å². The van der Waals surface area contributed by atoms with Gasteiger partial charge >= 0.3 is 16.5 Å². The van der Waals surface area contributed by atoms with Crippen LogP contribution in [0, 0.1) is 0 Å². The van der Waals surface area contributed by atoms with Gasteiger partial charge in [-0.15, -0.1) is 0 Å². The molecule has 0 aromatic heterocycles. The third-order valence-corrected chi connectivity index (χ3v) is 11.5. The van der Waals surface area contributed by atoms with Gasteiger partial charge in [0.15, 0.2) is 0 Å². The van der Waals surface area contributed by atoms with Gasteiger partial charge in [-0.25, -0.2) is 0 Å². The van der Waals surface area contributed by atoms with Crippen molar-refractivity contribution >= 4 is 15.2 Å². The Bertz CT molecular complexity index is 753. The maximum absolute atomic E-state index is 11.9. The molecule has 11 heteroatoms. The van der Waals surface area contributed by atoms with Crippen LogP contribution in [0.2, 0.25) is 0 Å². The third-order valence-electron chi connectivity index (χ3n) is 8.84. The van der Waals surface area contributed by atoms with Crippen molar-refractivity contribution in [2.75, 3.05) is 38.6 Å². The van der Waals surface area contributed by atoms with E-state index in [4.69, 9.17) is 9.05 Å². The molecule has 248 valence electrons. The van der Waals surface area contributed by atoms with E-state index in [9.17, 15) is 18.9 Å². The molecule has 8 nitrogen and oxygen atoms in total. The minimum Gasteiger partial charge on any atom is -0.778 e. The molecule has 2 unspecified atom stereocenters. The summed E-state index contributed by atoms with van der Waals surface area (Å²) in [5.74, 6) is 0. The standard InChI is InChI=1S/2C15H32NO3P.Ni/c2*1-6-7-12-19-20(17,18)13-11-16-14(2,3)9-8-10-15(16,4)5;/h2*6-13H2,1-5H3,(H,17,18);/q;;+2/p-2. The van der Waals surface area contributed by atoms with Crippen LogP contribution in [-0.4, -0.2) is 70.6 Å². The largest absolute Gasteiger partial charge is 2.00 e. The molecule has 0 aromatic carbocycles. The number of likely N-dealkylation sites (tertiary alicyclic amines) is 2. The normalized spacial score (nSPS) is 24.7. The predicted octanol–water partition coefficient (Wildman–Crippen LogP) is 6.80. The van der Waals surface area contributed by atoms with Crippen LogP contribution in [0.4, 0.5) is 0 Å². The Morgan fingerprint density at radius 2 is 0.878 bits per heavy atom.